The van der Waals surface area contributed by atoms with E-state index in [-0.39, 0.29) is 24.7 Å². The third-order valence-electron chi connectivity index (χ3n) is 3.79. The maximum Gasteiger partial charge on any atom is 0.317 e. The Morgan fingerprint density at radius 3 is 2.62 bits per heavy atom. The lowest BCUT2D eigenvalue weighted by Crippen LogP contribution is -2.17. The van der Waals surface area contributed by atoms with Crippen LogP contribution in [-0.2, 0) is 19.1 Å². The molecule has 0 saturated carbocycles. The quantitative estimate of drug-likeness (QED) is 0.290. The lowest BCUT2D eigenvalue weighted by atomic mass is 9.88. The van der Waals surface area contributed by atoms with Gasteiger partial charge in [0.1, 0.15) is 0 Å². The van der Waals surface area contributed by atoms with Crippen LogP contribution in [0.4, 0.5) is 0 Å². The molecule has 1 heterocycles. The number of hydrogen-bond donors (Lipinski definition) is 1. The van der Waals surface area contributed by atoms with Crippen LogP contribution in [0.25, 0.3) is 0 Å². The Hall–Kier alpha value is -1.65. The van der Waals surface area contributed by atoms with Gasteiger partial charge < -0.3 is 9.84 Å². The zero-order valence-electron chi connectivity index (χ0n) is 12.5. The minimum absolute atomic E-state index is 0.0657. The van der Waals surface area contributed by atoms with E-state index in [1.165, 1.54) is 0 Å². The normalized spacial score (nSPS) is 20.0. The summed E-state index contributed by atoms with van der Waals surface area (Å²) in [7, 11) is 0. The van der Waals surface area contributed by atoms with Crippen LogP contribution in [0.15, 0.2) is 12.2 Å². The molecule has 0 aromatic carbocycles. The summed E-state index contributed by atoms with van der Waals surface area (Å²) in [5, 5.41) is 8.51. The van der Waals surface area contributed by atoms with E-state index in [0.29, 0.717) is 0 Å². The Morgan fingerprint density at radius 1 is 1.33 bits per heavy atom. The monoisotopic (exact) mass is 296 g/mol. The third-order valence-corrected chi connectivity index (χ3v) is 3.79. The molecule has 1 aliphatic heterocycles. The third kappa shape index (κ3) is 6.56. The fraction of sp³-hybridized carbons (Fsp3) is 0.688. The number of esters is 2. The van der Waals surface area contributed by atoms with Gasteiger partial charge in [-0.05, 0) is 31.6 Å². The molecule has 0 aliphatic carbocycles. The van der Waals surface area contributed by atoms with Crippen molar-refractivity contribution in [2.45, 2.75) is 58.3 Å². The molecule has 2 atom stereocenters. The van der Waals surface area contributed by atoms with Gasteiger partial charge in [0.25, 0.3) is 0 Å². The molecule has 1 rings (SSSR count). The van der Waals surface area contributed by atoms with Gasteiger partial charge in [0.2, 0.25) is 0 Å². The smallest absolute Gasteiger partial charge is 0.317 e. The topological polar surface area (TPSA) is 80.7 Å². The molecule has 118 valence electrons. The Kier molecular flexibility index (Phi) is 7.72. The van der Waals surface area contributed by atoms with Crippen LogP contribution < -0.4 is 0 Å². The number of allylic oxidation sites excluding steroid dienone is 2. The SMILES string of the molecule is CCC(C=CCCCCCCC(=O)O)C1CC(=O)OC1=O. The van der Waals surface area contributed by atoms with Crippen molar-refractivity contribution in [1.29, 1.82) is 0 Å². The van der Waals surface area contributed by atoms with Crippen LogP contribution in [0.5, 0.6) is 0 Å². The van der Waals surface area contributed by atoms with Gasteiger partial charge in [-0.15, -0.1) is 0 Å². The van der Waals surface area contributed by atoms with Crippen LogP contribution in [0, 0.1) is 11.8 Å². The number of cyclic esters (lactones) is 2. The van der Waals surface area contributed by atoms with E-state index in [9.17, 15) is 14.4 Å². The average Bonchev–Trinajstić information content (AvgIpc) is 2.76. The minimum atomic E-state index is -0.737. The van der Waals surface area contributed by atoms with E-state index in [4.69, 9.17) is 5.11 Å². The first-order valence-electron chi connectivity index (χ1n) is 7.67. The van der Waals surface area contributed by atoms with Crippen LogP contribution in [-0.4, -0.2) is 23.0 Å². The van der Waals surface area contributed by atoms with Crippen molar-refractivity contribution in [1.82, 2.24) is 0 Å². The summed E-state index contributed by atoms with van der Waals surface area (Å²) in [5.74, 6) is -1.82. The van der Waals surface area contributed by atoms with E-state index in [2.05, 4.69) is 10.8 Å². The lowest BCUT2D eigenvalue weighted by Gasteiger charge is -2.13. The number of hydrogen-bond acceptors (Lipinski definition) is 4. The highest BCUT2D eigenvalue weighted by atomic mass is 16.6. The first-order valence-corrected chi connectivity index (χ1v) is 7.67. The van der Waals surface area contributed by atoms with E-state index >= 15 is 0 Å². The molecule has 5 nitrogen and oxygen atoms in total. The first kappa shape index (κ1) is 17.4. The summed E-state index contributed by atoms with van der Waals surface area (Å²) in [6, 6.07) is 0. The number of carboxylic acids is 1. The highest BCUT2D eigenvalue weighted by molar-refractivity contribution is 5.94. The predicted octanol–water partition coefficient (Wildman–Crippen LogP) is 3.08. The van der Waals surface area contributed by atoms with Gasteiger partial charge in [-0.1, -0.05) is 31.9 Å². The summed E-state index contributed by atoms with van der Waals surface area (Å²) in [6.45, 7) is 2.00. The standard InChI is InChI=1S/C16H24O5/c1-2-12(13-11-15(19)21-16(13)20)9-7-5-3-4-6-8-10-14(17)18/h7,9,12-13H,2-6,8,10-11H2,1H3,(H,17,18). The molecule has 0 aromatic rings. The zero-order valence-corrected chi connectivity index (χ0v) is 12.5. The van der Waals surface area contributed by atoms with Crippen molar-refractivity contribution in [2.75, 3.05) is 0 Å². The molecule has 0 spiro atoms. The van der Waals surface area contributed by atoms with E-state index < -0.39 is 17.9 Å². The highest BCUT2D eigenvalue weighted by Crippen LogP contribution is 2.28. The van der Waals surface area contributed by atoms with Gasteiger partial charge >= 0.3 is 17.9 Å². The highest BCUT2D eigenvalue weighted by Gasteiger charge is 2.37. The maximum atomic E-state index is 11.5. The summed E-state index contributed by atoms with van der Waals surface area (Å²) in [4.78, 5) is 33.0. The molecule has 0 bridgehead atoms. The van der Waals surface area contributed by atoms with E-state index in [1.54, 1.807) is 0 Å². The summed E-state index contributed by atoms with van der Waals surface area (Å²) < 4.78 is 4.59. The Bertz CT molecular complexity index is 399. The number of carboxylic acid groups (broad SMARTS) is 1. The molecule has 2 unspecified atom stereocenters. The number of carbonyl (C=O) groups excluding carboxylic acids is 2. The molecule has 5 heteroatoms. The number of unbranched alkanes of at least 4 members (excludes halogenated alkanes) is 4. The Labute approximate surface area is 125 Å². The summed E-state index contributed by atoms with van der Waals surface area (Å²) in [5.41, 5.74) is 0. The number of rotatable bonds is 10. The molecule has 0 aromatic heterocycles. The zero-order chi connectivity index (χ0) is 15.7. The fourth-order valence-corrected chi connectivity index (χ4v) is 2.54. The molecule has 1 saturated heterocycles. The molecule has 21 heavy (non-hydrogen) atoms. The van der Waals surface area contributed by atoms with E-state index in [1.807, 2.05) is 13.0 Å². The minimum Gasteiger partial charge on any atom is -0.481 e. The Balaban J connectivity index is 2.20. The number of ether oxygens (including phenoxy) is 1. The van der Waals surface area contributed by atoms with Crippen LogP contribution in [0.2, 0.25) is 0 Å². The van der Waals surface area contributed by atoms with Crippen LogP contribution in [0.1, 0.15) is 58.3 Å². The predicted molar refractivity (Wildman–Crippen MR) is 77.5 cm³/mol. The van der Waals surface area contributed by atoms with Gasteiger partial charge in [0, 0.05) is 6.42 Å². The van der Waals surface area contributed by atoms with Crippen LogP contribution in [0.3, 0.4) is 0 Å². The molecular weight excluding hydrogens is 272 g/mol. The second-order valence-electron chi connectivity index (χ2n) is 5.45. The average molecular weight is 296 g/mol. The van der Waals surface area contributed by atoms with Gasteiger partial charge in [0.15, 0.2) is 0 Å². The van der Waals surface area contributed by atoms with Crippen LogP contribution >= 0.6 is 0 Å². The van der Waals surface area contributed by atoms with Gasteiger partial charge in [-0.3, -0.25) is 14.4 Å². The van der Waals surface area contributed by atoms with Gasteiger partial charge in [0.05, 0.1) is 12.3 Å². The number of carbonyl (C=O) groups is 3. The van der Waals surface area contributed by atoms with Crippen molar-refractivity contribution in [3.8, 4) is 0 Å². The Morgan fingerprint density at radius 2 is 2.05 bits per heavy atom. The van der Waals surface area contributed by atoms with Crippen molar-refractivity contribution < 1.29 is 24.2 Å². The van der Waals surface area contributed by atoms with Gasteiger partial charge in [-0.2, -0.15) is 0 Å². The first-order chi connectivity index (χ1) is 10.0. The molecule has 1 fully saturated rings. The fourth-order valence-electron chi connectivity index (χ4n) is 2.54. The largest absolute Gasteiger partial charge is 0.481 e. The second kappa shape index (κ2) is 9.32. The molecule has 0 amide bonds. The molecule has 0 radical (unpaired) electrons. The van der Waals surface area contributed by atoms with Crippen molar-refractivity contribution in [3.05, 3.63) is 12.2 Å². The van der Waals surface area contributed by atoms with Gasteiger partial charge in [-0.25, -0.2) is 0 Å². The van der Waals surface area contributed by atoms with E-state index in [0.717, 1.165) is 38.5 Å². The summed E-state index contributed by atoms with van der Waals surface area (Å²) in [6.07, 6.45) is 9.92. The molecule has 1 N–H and O–H groups in total. The molecule has 1 aliphatic rings. The molecular formula is C16H24O5. The lowest BCUT2D eigenvalue weighted by molar-refractivity contribution is -0.153. The number of aliphatic carboxylic acids is 1. The van der Waals surface area contributed by atoms with Crippen molar-refractivity contribution in [3.63, 3.8) is 0 Å². The van der Waals surface area contributed by atoms with Crippen molar-refractivity contribution >= 4 is 17.9 Å². The summed E-state index contributed by atoms with van der Waals surface area (Å²) >= 11 is 0. The van der Waals surface area contributed by atoms with Crippen molar-refractivity contribution in [2.24, 2.45) is 11.8 Å². The second-order valence-corrected chi connectivity index (χ2v) is 5.45. The maximum absolute atomic E-state index is 11.5.